The van der Waals surface area contributed by atoms with Crippen molar-refractivity contribution in [2.45, 2.75) is 33.7 Å². The van der Waals surface area contributed by atoms with Gasteiger partial charge in [0, 0.05) is 5.69 Å². The SMILES string of the molecule is CCOc1ccc(NC(=O)C(C)(C)C(=O)NC(C)c2ccccc2)cc1. The highest BCUT2D eigenvalue weighted by Crippen LogP contribution is 2.22. The molecule has 0 aliphatic rings. The highest BCUT2D eigenvalue weighted by Gasteiger charge is 2.36. The summed E-state index contributed by atoms with van der Waals surface area (Å²) in [5.74, 6) is 0.0518. The fraction of sp³-hybridized carbons (Fsp3) is 0.333. The zero-order valence-corrected chi connectivity index (χ0v) is 15.7. The average Bonchev–Trinajstić information content (AvgIpc) is 2.64. The molecular weight excluding hydrogens is 328 g/mol. The average molecular weight is 354 g/mol. The van der Waals surface area contributed by atoms with Crippen molar-refractivity contribution in [3.05, 3.63) is 60.2 Å². The fourth-order valence-corrected chi connectivity index (χ4v) is 2.39. The Labute approximate surface area is 154 Å². The molecule has 0 radical (unpaired) electrons. The molecule has 26 heavy (non-hydrogen) atoms. The van der Waals surface area contributed by atoms with Gasteiger partial charge in [0.05, 0.1) is 12.6 Å². The molecule has 0 aliphatic carbocycles. The van der Waals surface area contributed by atoms with Crippen molar-refractivity contribution in [3.8, 4) is 5.75 Å². The molecule has 2 aromatic rings. The summed E-state index contributed by atoms with van der Waals surface area (Å²) >= 11 is 0. The Morgan fingerprint density at radius 1 is 1.00 bits per heavy atom. The van der Waals surface area contributed by atoms with Crippen molar-refractivity contribution in [2.24, 2.45) is 5.41 Å². The standard InChI is InChI=1S/C21H26N2O3/c1-5-26-18-13-11-17(12-14-18)23-20(25)21(3,4)19(24)22-15(2)16-9-7-6-8-10-16/h6-15H,5H2,1-4H3,(H,22,24)(H,23,25). The molecule has 0 aliphatic heterocycles. The zero-order valence-electron chi connectivity index (χ0n) is 15.7. The van der Waals surface area contributed by atoms with E-state index in [0.29, 0.717) is 12.3 Å². The predicted molar refractivity (Wildman–Crippen MR) is 103 cm³/mol. The van der Waals surface area contributed by atoms with Crippen LogP contribution >= 0.6 is 0 Å². The van der Waals surface area contributed by atoms with Gasteiger partial charge in [-0.1, -0.05) is 30.3 Å². The first-order valence-corrected chi connectivity index (χ1v) is 8.74. The van der Waals surface area contributed by atoms with E-state index < -0.39 is 5.41 Å². The number of ether oxygens (including phenoxy) is 1. The Balaban J connectivity index is 2.00. The van der Waals surface area contributed by atoms with Gasteiger partial charge in [0.15, 0.2) is 0 Å². The second-order valence-electron chi connectivity index (χ2n) is 6.64. The number of carbonyl (C=O) groups excluding carboxylic acids is 2. The van der Waals surface area contributed by atoms with Crippen LogP contribution in [-0.2, 0) is 9.59 Å². The minimum atomic E-state index is -1.21. The smallest absolute Gasteiger partial charge is 0.239 e. The molecular formula is C21H26N2O3. The van der Waals surface area contributed by atoms with Gasteiger partial charge < -0.3 is 15.4 Å². The maximum atomic E-state index is 12.6. The number of benzene rings is 2. The van der Waals surface area contributed by atoms with Crippen LogP contribution in [0.25, 0.3) is 0 Å². The van der Waals surface area contributed by atoms with E-state index >= 15 is 0 Å². The summed E-state index contributed by atoms with van der Waals surface area (Å²) in [5.41, 5.74) is 0.403. The lowest BCUT2D eigenvalue weighted by atomic mass is 9.90. The molecule has 2 rings (SSSR count). The van der Waals surface area contributed by atoms with Crippen molar-refractivity contribution in [1.82, 2.24) is 5.32 Å². The van der Waals surface area contributed by atoms with Crippen molar-refractivity contribution >= 4 is 17.5 Å². The van der Waals surface area contributed by atoms with E-state index in [1.165, 1.54) is 0 Å². The van der Waals surface area contributed by atoms with Crippen molar-refractivity contribution in [3.63, 3.8) is 0 Å². The molecule has 2 N–H and O–H groups in total. The maximum absolute atomic E-state index is 12.6. The van der Waals surface area contributed by atoms with Gasteiger partial charge in [-0.05, 0) is 57.5 Å². The van der Waals surface area contributed by atoms with Crippen molar-refractivity contribution < 1.29 is 14.3 Å². The molecule has 2 aromatic carbocycles. The molecule has 5 nitrogen and oxygen atoms in total. The molecule has 0 fully saturated rings. The minimum Gasteiger partial charge on any atom is -0.494 e. The van der Waals surface area contributed by atoms with E-state index in [-0.39, 0.29) is 17.9 Å². The molecule has 2 amide bonds. The number of rotatable bonds is 7. The van der Waals surface area contributed by atoms with Crippen LogP contribution in [-0.4, -0.2) is 18.4 Å². The first-order valence-electron chi connectivity index (χ1n) is 8.74. The van der Waals surface area contributed by atoms with Gasteiger partial charge >= 0.3 is 0 Å². The van der Waals surface area contributed by atoms with E-state index in [1.54, 1.807) is 38.1 Å². The molecule has 0 saturated carbocycles. The predicted octanol–water partition coefficient (Wildman–Crippen LogP) is 3.93. The highest BCUT2D eigenvalue weighted by atomic mass is 16.5. The lowest BCUT2D eigenvalue weighted by Gasteiger charge is -2.25. The lowest BCUT2D eigenvalue weighted by molar-refractivity contribution is -0.138. The van der Waals surface area contributed by atoms with E-state index in [2.05, 4.69) is 10.6 Å². The summed E-state index contributed by atoms with van der Waals surface area (Å²) in [7, 11) is 0. The van der Waals surface area contributed by atoms with Crippen LogP contribution in [0.15, 0.2) is 54.6 Å². The Kier molecular flexibility index (Phi) is 6.39. The largest absolute Gasteiger partial charge is 0.494 e. The fourth-order valence-electron chi connectivity index (χ4n) is 2.39. The lowest BCUT2D eigenvalue weighted by Crippen LogP contribution is -2.45. The minimum absolute atomic E-state index is 0.179. The molecule has 138 valence electrons. The van der Waals surface area contributed by atoms with Crippen LogP contribution in [0, 0.1) is 5.41 Å². The molecule has 1 unspecified atom stereocenters. The normalized spacial score (nSPS) is 12.2. The Bertz CT molecular complexity index is 740. The number of amides is 2. The van der Waals surface area contributed by atoms with E-state index in [0.717, 1.165) is 11.3 Å². The van der Waals surface area contributed by atoms with Crippen LogP contribution in [0.3, 0.4) is 0 Å². The maximum Gasteiger partial charge on any atom is 0.239 e. The quantitative estimate of drug-likeness (QED) is 0.741. The second-order valence-corrected chi connectivity index (χ2v) is 6.64. The number of carbonyl (C=O) groups is 2. The van der Waals surface area contributed by atoms with Gasteiger partial charge in [0.2, 0.25) is 11.8 Å². The van der Waals surface area contributed by atoms with E-state index in [1.807, 2.05) is 44.2 Å². The molecule has 1 atom stereocenters. The molecule has 5 heteroatoms. The van der Waals surface area contributed by atoms with Crippen LogP contribution in [0.4, 0.5) is 5.69 Å². The van der Waals surface area contributed by atoms with Gasteiger partial charge in [-0.3, -0.25) is 9.59 Å². The van der Waals surface area contributed by atoms with Gasteiger partial charge in [0.25, 0.3) is 0 Å². The molecule has 0 saturated heterocycles. The number of hydrogen-bond donors (Lipinski definition) is 2. The van der Waals surface area contributed by atoms with Crippen LogP contribution in [0.1, 0.15) is 39.3 Å². The summed E-state index contributed by atoms with van der Waals surface area (Å²) in [5, 5.41) is 5.70. The molecule has 0 spiro atoms. The third-order valence-electron chi connectivity index (χ3n) is 4.21. The van der Waals surface area contributed by atoms with Crippen LogP contribution in [0.5, 0.6) is 5.75 Å². The summed E-state index contributed by atoms with van der Waals surface area (Å²) in [6.07, 6.45) is 0. The number of hydrogen-bond acceptors (Lipinski definition) is 3. The molecule has 0 aromatic heterocycles. The summed E-state index contributed by atoms with van der Waals surface area (Å²) in [6.45, 7) is 7.62. The molecule has 0 heterocycles. The van der Waals surface area contributed by atoms with Gasteiger partial charge in [0.1, 0.15) is 11.2 Å². The van der Waals surface area contributed by atoms with Gasteiger partial charge in [-0.25, -0.2) is 0 Å². The molecule has 0 bridgehead atoms. The summed E-state index contributed by atoms with van der Waals surface area (Å²) in [6, 6.07) is 16.5. The van der Waals surface area contributed by atoms with E-state index in [4.69, 9.17) is 4.74 Å². The Morgan fingerprint density at radius 3 is 2.19 bits per heavy atom. The third kappa shape index (κ3) is 4.85. The zero-order chi connectivity index (χ0) is 19.2. The number of anilines is 1. The van der Waals surface area contributed by atoms with E-state index in [9.17, 15) is 9.59 Å². The second kappa shape index (κ2) is 8.52. The van der Waals surface area contributed by atoms with Crippen molar-refractivity contribution in [2.75, 3.05) is 11.9 Å². The summed E-state index contributed by atoms with van der Waals surface area (Å²) in [4.78, 5) is 25.2. The third-order valence-corrected chi connectivity index (χ3v) is 4.21. The first-order chi connectivity index (χ1) is 12.3. The first kappa shape index (κ1) is 19.5. The van der Waals surface area contributed by atoms with Crippen LogP contribution < -0.4 is 15.4 Å². The monoisotopic (exact) mass is 354 g/mol. The van der Waals surface area contributed by atoms with Gasteiger partial charge in [-0.15, -0.1) is 0 Å². The number of nitrogens with one attached hydrogen (secondary N) is 2. The summed E-state index contributed by atoms with van der Waals surface area (Å²) < 4.78 is 5.38. The van der Waals surface area contributed by atoms with Crippen LogP contribution in [0.2, 0.25) is 0 Å². The van der Waals surface area contributed by atoms with Gasteiger partial charge in [-0.2, -0.15) is 0 Å². The topological polar surface area (TPSA) is 67.4 Å². The van der Waals surface area contributed by atoms with Crippen molar-refractivity contribution in [1.29, 1.82) is 0 Å². The highest BCUT2D eigenvalue weighted by molar-refractivity contribution is 6.09. The Hall–Kier alpha value is -2.82. The Morgan fingerprint density at radius 2 is 1.62 bits per heavy atom.